The minimum atomic E-state index is -2.77. The summed E-state index contributed by atoms with van der Waals surface area (Å²) in [6.45, 7) is 8.16. The van der Waals surface area contributed by atoms with Gasteiger partial charge in [-0.3, -0.25) is 0 Å². The van der Waals surface area contributed by atoms with E-state index >= 15 is 0 Å². The van der Waals surface area contributed by atoms with E-state index in [2.05, 4.69) is 39.4 Å². The lowest BCUT2D eigenvalue weighted by Crippen LogP contribution is -2.24. The molecule has 1 nitrogen and oxygen atoms in total. The van der Waals surface area contributed by atoms with Crippen LogP contribution < -0.4 is 4.74 Å². The number of alkyl halides is 2. The summed E-state index contributed by atoms with van der Waals surface area (Å²) in [5.41, 5.74) is 1.38. The van der Waals surface area contributed by atoms with E-state index < -0.39 is 6.61 Å². The van der Waals surface area contributed by atoms with Crippen molar-refractivity contribution in [2.45, 2.75) is 53.1 Å². The molecular weight excluding hydrogens is 234 g/mol. The van der Waals surface area contributed by atoms with Crippen molar-refractivity contribution >= 4 is 0 Å². The van der Waals surface area contributed by atoms with Gasteiger partial charge < -0.3 is 4.74 Å². The molecule has 18 heavy (non-hydrogen) atoms. The summed E-state index contributed by atoms with van der Waals surface area (Å²) < 4.78 is 28.5. The number of halogens is 2. The van der Waals surface area contributed by atoms with Crippen molar-refractivity contribution in [2.24, 2.45) is 5.41 Å². The summed E-state index contributed by atoms with van der Waals surface area (Å²) in [6, 6.07) is 6.94. The van der Waals surface area contributed by atoms with Crippen molar-refractivity contribution in [2.75, 3.05) is 0 Å². The Morgan fingerprint density at radius 2 is 1.50 bits per heavy atom. The van der Waals surface area contributed by atoms with Crippen LogP contribution in [0.5, 0.6) is 5.75 Å². The first kappa shape index (κ1) is 14.9. The van der Waals surface area contributed by atoms with Crippen molar-refractivity contribution in [3.05, 3.63) is 29.8 Å². The van der Waals surface area contributed by atoms with Crippen LogP contribution in [0.25, 0.3) is 0 Å². The Hall–Kier alpha value is -1.12. The Balaban J connectivity index is 2.84. The summed E-state index contributed by atoms with van der Waals surface area (Å²) in [7, 11) is 0. The maximum atomic E-state index is 12.1. The zero-order valence-corrected chi connectivity index (χ0v) is 11.8. The Labute approximate surface area is 108 Å². The number of benzene rings is 1. The third-order valence-electron chi connectivity index (χ3n) is 2.83. The number of rotatable bonds is 4. The summed E-state index contributed by atoms with van der Waals surface area (Å²) in [5.74, 6) is 0.209. The molecule has 0 saturated heterocycles. The van der Waals surface area contributed by atoms with Crippen molar-refractivity contribution in [1.29, 1.82) is 0 Å². The molecule has 0 aromatic heterocycles. The molecule has 3 heteroatoms. The summed E-state index contributed by atoms with van der Waals surface area (Å²) in [4.78, 5) is 0. The van der Waals surface area contributed by atoms with E-state index in [1.54, 1.807) is 12.1 Å². The molecule has 1 rings (SSSR count). The molecule has 102 valence electrons. The molecule has 0 saturated carbocycles. The molecule has 0 bridgehead atoms. The third-order valence-corrected chi connectivity index (χ3v) is 2.83. The van der Waals surface area contributed by atoms with E-state index in [-0.39, 0.29) is 16.6 Å². The van der Waals surface area contributed by atoms with Crippen molar-refractivity contribution in [1.82, 2.24) is 0 Å². The molecule has 0 spiro atoms. The predicted octanol–water partition coefficient (Wildman–Crippen LogP) is 5.00. The van der Waals surface area contributed by atoms with E-state index in [1.807, 2.05) is 12.1 Å². The molecular formula is C15H22F2O. The van der Waals surface area contributed by atoms with Gasteiger partial charge in [-0.1, -0.05) is 46.8 Å². The van der Waals surface area contributed by atoms with Crippen LogP contribution in [-0.4, -0.2) is 6.61 Å². The molecule has 0 aliphatic heterocycles. The fourth-order valence-electron chi connectivity index (χ4n) is 2.52. The largest absolute Gasteiger partial charge is 0.435 e. The molecule has 0 aliphatic carbocycles. The van der Waals surface area contributed by atoms with Gasteiger partial charge in [-0.15, -0.1) is 0 Å². The Bertz CT molecular complexity index is 374. The zero-order valence-electron chi connectivity index (χ0n) is 11.8. The fraction of sp³-hybridized carbons (Fsp3) is 0.600. The normalized spacial score (nSPS) is 12.9. The first-order valence-electron chi connectivity index (χ1n) is 6.15. The highest BCUT2D eigenvalue weighted by molar-refractivity contribution is 5.31. The summed E-state index contributed by atoms with van der Waals surface area (Å²) in [6.07, 6.45) is 1.02. The molecule has 0 N–H and O–H groups in total. The molecule has 1 aromatic rings. The van der Waals surface area contributed by atoms with Crippen molar-refractivity contribution in [3.8, 4) is 5.75 Å². The van der Waals surface area contributed by atoms with E-state index in [1.165, 1.54) is 0 Å². The minimum Gasteiger partial charge on any atom is -0.435 e. The van der Waals surface area contributed by atoms with Crippen LogP contribution in [0, 0.1) is 5.41 Å². The van der Waals surface area contributed by atoms with Gasteiger partial charge in [0.15, 0.2) is 0 Å². The van der Waals surface area contributed by atoms with Crippen LogP contribution in [0.15, 0.2) is 24.3 Å². The fourth-order valence-corrected chi connectivity index (χ4v) is 2.52. The Kier molecular flexibility index (Phi) is 4.36. The first-order chi connectivity index (χ1) is 8.10. The van der Waals surface area contributed by atoms with Gasteiger partial charge in [0.2, 0.25) is 0 Å². The molecule has 0 radical (unpaired) electrons. The van der Waals surface area contributed by atoms with Crippen molar-refractivity contribution in [3.63, 3.8) is 0 Å². The Morgan fingerprint density at radius 1 is 1.00 bits per heavy atom. The van der Waals surface area contributed by atoms with E-state index in [0.29, 0.717) is 0 Å². The quantitative estimate of drug-likeness (QED) is 0.736. The highest BCUT2D eigenvalue weighted by Gasteiger charge is 2.27. The van der Waals surface area contributed by atoms with Gasteiger partial charge in [0.25, 0.3) is 0 Å². The lowest BCUT2D eigenvalue weighted by atomic mass is 9.72. The molecule has 0 unspecified atom stereocenters. The standard InChI is InChI=1S/C15H22F2O/c1-14(2,3)10-15(4,5)11-6-8-12(9-7-11)18-13(16)17/h6-9,13H,10H2,1-5H3. The zero-order chi connectivity index (χ0) is 14.0. The second kappa shape index (κ2) is 5.25. The topological polar surface area (TPSA) is 9.23 Å². The van der Waals surface area contributed by atoms with Gasteiger partial charge in [-0.05, 0) is 34.9 Å². The van der Waals surface area contributed by atoms with Crippen LogP contribution in [0.4, 0.5) is 8.78 Å². The third kappa shape index (κ3) is 4.63. The SMILES string of the molecule is CC(C)(C)CC(C)(C)c1ccc(OC(F)F)cc1. The minimum absolute atomic E-state index is 0.0155. The van der Waals surface area contributed by atoms with Gasteiger partial charge in [-0.2, -0.15) is 8.78 Å². The molecule has 0 amide bonds. The van der Waals surface area contributed by atoms with Gasteiger partial charge in [0, 0.05) is 0 Å². The average molecular weight is 256 g/mol. The molecule has 1 aromatic carbocycles. The van der Waals surface area contributed by atoms with E-state index in [4.69, 9.17) is 0 Å². The van der Waals surface area contributed by atoms with Gasteiger partial charge >= 0.3 is 6.61 Å². The molecule has 0 heterocycles. The lowest BCUT2D eigenvalue weighted by Gasteiger charge is -2.33. The number of hydrogen-bond donors (Lipinski definition) is 0. The van der Waals surface area contributed by atoms with Crippen LogP contribution in [0.3, 0.4) is 0 Å². The van der Waals surface area contributed by atoms with E-state index in [0.717, 1.165) is 12.0 Å². The van der Waals surface area contributed by atoms with Gasteiger partial charge in [0.05, 0.1) is 0 Å². The van der Waals surface area contributed by atoms with Crippen LogP contribution in [-0.2, 0) is 5.41 Å². The monoisotopic (exact) mass is 256 g/mol. The van der Waals surface area contributed by atoms with Crippen molar-refractivity contribution < 1.29 is 13.5 Å². The maximum Gasteiger partial charge on any atom is 0.387 e. The predicted molar refractivity (Wildman–Crippen MR) is 70.2 cm³/mol. The lowest BCUT2D eigenvalue weighted by molar-refractivity contribution is -0.0498. The van der Waals surface area contributed by atoms with Gasteiger partial charge in [-0.25, -0.2) is 0 Å². The van der Waals surface area contributed by atoms with Gasteiger partial charge in [0.1, 0.15) is 5.75 Å². The summed E-state index contributed by atoms with van der Waals surface area (Å²) in [5, 5.41) is 0. The second-order valence-corrected chi connectivity index (χ2v) is 6.52. The highest BCUT2D eigenvalue weighted by Crippen LogP contribution is 2.36. The molecule has 0 aliphatic rings. The Morgan fingerprint density at radius 3 is 1.89 bits per heavy atom. The number of ether oxygens (including phenoxy) is 1. The number of hydrogen-bond acceptors (Lipinski definition) is 1. The molecule has 0 fully saturated rings. The van der Waals surface area contributed by atoms with Crippen LogP contribution in [0.2, 0.25) is 0 Å². The highest BCUT2D eigenvalue weighted by atomic mass is 19.3. The van der Waals surface area contributed by atoms with Crippen LogP contribution in [0.1, 0.15) is 46.6 Å². The second-order valence-electron chi connectivity index (χ2n) is 6.52. The maximum absolute atomic E-state index is 12.1. The summed E-state index contributed by atoms with van der Waals surface area (Å²) >= 11 is 0. The van der Waals surface area contributed by atoms with Crippen LogP contribution >= 0.6 is 0 Å². The first-order valence-corrected chi connectivity index (χ1v) is 6.15. The molecule has 0 atom stereocenters. The smallest absolute Gasteiger partial charge is 0.387 e. The van der Waals surface area contributed by atoms with E-state index in [9.17, 15) is 8.78 Å². The average Bonchev–Trinajstić information content (AvgIpc) is 2.13.